The first-order valence-electron chi connectivity index (χ1n) is 8.96. The molecule has 3 aromatic rings. The zero-order valence-electron chi connectivity index (χ0n) is 14.9. The van der Waals surface area contributed by atoms with Crippen molar-refractivity contribution in [2.45, 2.75) is 25.2 Å². The molecule has 1 atom stereocenters. The summed E-state index contributed by atoms with van der Waals surface area (Å²) in [6, 6.07) is 16.1. The summed E-state index contributed by atoms with van der Waals surface area (Å²) in [5, 5.41) is 7.20. The third-order valence-corrected chi connectivity index (χ3v) is 5.24. The Hall–Kier alpha value is -2.95. The molecule has 0 bridgehead atoms. The molecule has 5 heteroatoms. The molecular formula is C21H22N4O. The van der Waals surface area contributed by atoms with Gasteiger partial charge in [-0.05, 0) is 36.6 Å². The van der Waals surface area contributed by atoms with Crippen LogP contribution in [-0.4, -0.2) is 39.1 Å². The Morgan fingerprint density at radius 2 is 1.92 bits per heavy atom. The molecule has 2 aromatic heterocycles. The average Bonchev–Trinajstić information content (AvgIpc) is 3.19. The van der Waals surface area contributed by atoms with Gasteiger partial charge in [-0.15, -0.1) is 0 Å². The molecule has 1 fully saturated rings. The molecule has 0 radical (unpaired) electrons. The zero-order valence-corrected chi connectivity index (χ0v) is 14.9. The number of carbonyl (C=O) groups excluding carboxylic acids is 1. The molecule has 1 aromatic carbocycles. The average molecular weight is 346 g/mol. The van der Waals surface area contributed by atoms with Crippen molar-refractivity contribution >= 4 is 5.91 Å². The van der Waals surface area contributed by atoms with E-state index in [1.165, 1.54) is 5.56 Å². The highest BCUT2D eigenvalue weighted by molar-refractivity contribution is 5.93. The van der Waals surface area contributed by atoms with Crippen LogP contribution in [0.25, 0.3) is 11.3 Å². The summed E-state index contributed by atoms with van der Waals surface area (Å²) in [6.45, 7) is 3.75. The molecule has 0 aliphatic carbocycles. The van der Waals surface area contributed by atoms with Gasteiger partial charge in [-0.2, -0.15) is 5.10 Å². The van der Waals surface area contributed by atoms with E-state index < -0.39 is 0 Å². The molecule has 1 aliphatic heterocycles. The van der Waals surface area contributed by atoms with Crippen LogP contribution in [0.4, 0.5) is 0 Å². The number of nitrogens with one attached hydrogen (secondary N) is 1. The lowest BCUT2D eigenvalue weighted by Gasteiger charge is -2.40. The molecular weight excluding hydrogens is 324 g/mol. The van der Waals surface area contributed by atoms with Gasteiger partial charge >= 0.3 is 0 Å². The summed E-state index contributed by atoms with van der Waals surface area (Å²) in [5.41, 5.74) is 3.53. The lowest BCUT2D eigenvalue weighted by atomic mass is 9.76. The van der Waals surface area contributed by atoms with Crippen molar-refractivity contribution in [3.8, 4) is 11.3 Å². The Bertz CT molecular complexity index is 891. The Morgan fingerprint density at radius 1 is 1.15 bits per heavy atom. The van der Waals surface area contributed by atoms with Crippen molar-refractivity contribution in [1.29, 1.82) is 0 Å². The molecule has 0 saturated carbocycles. The van der Waals surface area contributed by atoms with Gasteiger partial charge in [0.2, 0.25) is 0 Å². The summed E-state index contributed by atoms with van der Waals surface area (Å²) in [7, 11) is 0. The molecule has 1 N–H and O–H groups in total. The fourth-order valence-corrected chi connectivity index (χ4v) is 3.76. The van der Waals surface area contributed by atoms with Gasteiger partial charge in [0, 0.05) is 36.5 Å². The van der Waals surface area contributed by atoms with E-state index in [2.05, 4.69) is 46.4 Å². The van der Waals surface area contributed by atoms with E-state index in [9.17, 15) is 4.79 Å². The topological polar surface area (TPSA) is 61.9 Å². The highest BCUT2D eigenvalue weighted by Crippen LogP contribution is 2.34. The van der Waals surface area contributed by atoms with Crippen LogP contribution in [0.15, 0.2) is 60.9 Å². The standard InChI is InChI=1S/C21H22N4O/c1-21(17-6-3-2-4-7-17)10-5-13-25(15-21)20(26)19-14-18(23-24-19)16-8-11-22-12-9-16/h2-4,6-9,11-12,14H,5,10,13,15H2,1H3,(H,23,24). The number of amides is 1. The number of benzene rings is 1. The van der Waals surface area contributed by atoms with Gasteiger partial charge in [-0.25, -0.2) is 0 Å². The van der Waals surface area contributed by atoms with Crippen LogP contribution < -0.4 is 0 Å². The van der Waals surface area contributed by atoms with Crippen LogP contribution in [0.1, 0.15) is 35.8 Å². The van der Waals surface area contributed by atoms with Gasteiger partial charge in [0.1, 0.15) is 5.69 Å². The SMILES string of the molecule is CC1(c2ccccc2)CCCN(C(=O)c2cc(-c3ccncc3)n[nH]2)C1. The fourth-order valence-electron chi connectivity index (χ4n) is 3.76. The monoisotopic (exact) mass is 346 g/mol. The summed E-state index contributed by atoms with van der Waals surface area (Å²) >= 11 is 0. The molecule has 5 nitrogen and oxygen atoms in total. The summed E-state index contributed by atoms with van der Waals surface area (Å²) in [4.78, 5) is 19.0. The van der Waals surface area contributed by atoms with Gasteiger partial charge in [-0.1, -0.05) is 37.3 Å². The number of hydrogen-bond acceptors (Lipinski definition) is 3. The number of aromatic amines is 1. The summed E-state index contributed by atoms with van der Waals surface area (Å²) in [5.74, 6) is 0.0136. The number of nitrogens with zero attached hydrogens (tertiary/aromatic N) is 3. The predicted octanol–water partition coefficient (Wildman–Crippen LogP) is 3.67. The highest BCUT2D eigenvalue weighted by atomic mass is 16.2. The minimum Gasteiger partial charge on any atom is -0.336 e. The lowest BCUT2D eigenvalue weighted by molar-refractivity contribution is 0.0645. The Kier molecular flexibility index (Phi) is 4.29. The third kappa shape index (κ3) is 3.12. The number of hydrogen-bond donors (Lipinski definition) is 1. The fraction of sp³-hybridized carbons (Fsp3) is 0.286. The lowest BCUT2D eigenvalue weighted by Crippen LogP contribution is -2.47. The Morgan fingerprint density at radius 3 is 2.69 bits per heavy atom. The number of likely N-dealkylation sites (tertiary alicyclic amines) is 1. The maximum absolute atomic E-state index is 13.0. The molecule has 26 heavy (non-hydrogen) atoms. The van der Waals surface area contributed by atoms with E-state index in [-0.39, 0.29) is 11.3 Å². The first-order valence-corrected chi connectivity index (χ1v) is 8.96. The molecule has 4 rings (SSSR count). The van der Waals surface area contributed by atoms with E-state index in [0.29, 0.717) is 5.69 Å². The second-order valence-electron chi connectivity index (χ2n) is 7.16. The first kappa shape index (κ1) is 16.5. The van der Waals surface area contributed by atoms with Crippen molar-refractivity contribution in [1.82, 2.24) is 20.1 Å². The van der Waals surface area contributed by atoms with Crippen LogP contribution in [0, 0.1) is 0 Å². The van der Waals surface area contributed by atoms with Gasteiger partial charge in [0.05, 0.1) is 5.69 Å². The zero-order chi connectivity index (χ0) is 18.0. The Labute approximate surface area is 153 Å². The maximum Gasteiger partial charge on any atom is 0.271 e. The normalized spacial score (nSPS) is 20.1. The first-order chi connectivity index (χ1) is 12.7. The van der Waals surface area contributed by atoms with Crippen molar-refractivity contribution < 1.29 is 4.79 Å². The predicted molar refractivity (Wildman–Crippen MR) is 101 cm³/mol. The van der Waals surface area contributed by atoms with Gasteiger partial charge in [0.25, 0.3) is 5.91 Å². The third-order valence-electron chi connectivity index (χ3n) is 5.24. The van der Waals surface area contributed by atoms with Gasteiger partial charge in [0.15, 0.2) is 0 Å². The summed E-state index contributed by atoms with van der Waals surface area (Å²) < 4.78 is 0. The molecule has 0 spiro atoms. The number of aromatic nitrogens is 3. The molecule has 3 heterocycles. The number of piperidine rings is 1. The highest BCUT2D eigenvalue weighted by Gasteiger charge is 2.35. The Balaban J connectivity index is 1.54. The smallest absolute Gasteiger partial charge is 0.271 e. The van der Waals surface area contributed by atoms with Crippen LogP contribution in [0.2, 0.25) is 0 Å². The van der Waals surface area contributed by atoms with Gasteiger partial charge in [-0.3, -0.25) is 14.9 Å². The number of carbonyl (C=O) groups is 1. The molecule has 1 aliphatic rings. The largest absolute Gasteiger partial charge is 0.336 e. The second-order valence-corrected chi connectivity index (χ2v) is 7.16. The quantitative estimate of drug-likeness (QED) is 0.787. The van der Waals surface area contributed by atoms with Crippen LogP contribution in [0.5, 0.6) is 0 Å². The van der Waals surface area contributed by atoms with Crippen molar-refractivity contribution in [2.75, 3.05) is 13.1 Å². The maximum atomic E-state index is 13.0. The van der Waals surface area contributed by atoms with E-state index in [0.717, 1.165) is 37.2 Å². The van der Waals surface area contributed by atoms with E-state index in [4.69, 9.17) is 0 Å². The van der Waals surface area contributed by atoms with Crippen LogP contribution in [0.3, 0.4) is 0 Å². The number of H-pyrrole nitrogens is 1. The van der Waals surface area contributed by atoms with Crippen molar-refractivity contribution in [3.63, 3.8) is 0 Å². The second kappa shape index (κ2) is 6.75. The molecule has 1 saturated heterocycles. The van der Waals surface area contributed by atoms with Crippen LogP contribution in [-0.2, 0) is 5.41 Å². The van der Waals surface area contributed by atoms with Crippen molar-refractivity contribution in [3.05, 3.63) is 72.2 Å². The minimum absolute atomic E-state index is 0.0108. The number of rotatable bonds is 3. The van der Waals surface area contributed by atoms with Crippen molar-refractivity contribution in [2.24, 2.45) is 0 Å². The molecule has 132 valence electrons. The van der Waals surface area contributed by atoms with E-state index in [1.54, 1.807) is 12.4 Å². The number of pyridine rings is 1. The minimum atomic E-state index is -0.0108. The molecule has 1 amide bonds. The van der Waals surface area contributed by atoms with Gasteiger partial charge < -0.3 is 4.90 Å². The van der Waals surface area contributed by atoms with Crippen LogP contribution >= 0.6 is 0 Å². The summed E-state index contributed by atoms with van der Waals surface area (Å²) in [6.07, 6.45) is 5.54. The van der Waals surface area contributed by atoms with E-state index in [1.807, 2.05) is 29.2 Å². The van der Waals surface area contributed by atoms with E-state index >= 15 is 0 Å². The molecule has 1 unspecified atom stereocenters.